The fourth-order valence-electron chi connectivity index (χ4n) is 2.49. The van der Waals surface area contributed by atoms with Crippen LogP contribution in [0, 0.1) is 17.6 Å². The molecule has 0 amide bonds. The van der Waals surface area contributed by atoms with Crippen molar-refractivity contribution in [3.63, 3.8) is 0 Å². The molecule has 2 rings (SSSR count). The quantitative estimate of drug-likeness (QED) is 0.918. The molecule has 106 valence electrons. The van der Waals surface area contributed by atoms with E-state index in [2.05, 4.69) is 0 Å². The van der Waals surface area contributed by atoms with Crippen LogP contribution in [0.2, 0.25) is 0 Å². The average Bonchev–Trinajstić information content (AvgIpc) is 2.63. The first-order chi connectivity index (χ1) is 8.87. The number of aliphatic hydroxyl groups excluding tert-OH is 1. The van der Waals surface area contributed by atoms with E-state index in [0.717, 1.165) is 12.1 Å². The number of sulfone groups is 1. The average molecular weight is 290 g/mol. The number of benzene rings is 1. The van der Waals surface area contributed by atoms with Crippen molar-refractivity contribution in [1.29, 1.82) is 0 Å². The van der Waals surface area contributed by atoms with Crippen molar-refractivity contribution in [3.8, 4) is 0 Å². The van der Waals surface area contributed by atoms with E-state index in [1.54, 1.807) is 0 Å². The molecule has 0 aliphatic carbocycles. The second kappa shape index (κ2) is 5.54. The lowest BCUT2D eigenvalue weighted by molar-refractivity contribution is 0.144. The van der Waals surface area contributed by atoms with Gasteiger partial charge in [-0.15, -0.1) is 0 Å². The van der Waals surface area contributed by atoms with Gasteiger partial charge in [0.15, 0.2) is 9.84 Å². The zero-order valence-electron chi connectivity index (χ0n) is 10.4. The topological polar surface area (TPSA) is 54.4 Å². The Morgan fingerprint density at radius 1 is 1.32 bits per heavy atom. The summed E-state index contributed by atoms with van der Waals surface area (Å²) in [6, 6.07) is 3.56. The highest BCUT2D eigenvalue weighted by Crippen LogP contribution is 2.25. The normalized spacial score (nSPS) is 23.4. The zero-order chi connectivity index (χ0) is 14.0. The van der Waals surface area contributed by atoms with Gasteiger partial charge >= 0.3 is 0 Å². The van der Waals surface area contributed by atoms with Gasteiger partial charge in [-0.1, -0.05) is 6.07 Å². The first-order valence-electron chi connectivity index (χ1n) is 6.19. The molecule has 1 aliphatic rings. The molecular formula is C13H16F2O3S. The molecule has 1 N–H and O–H groups in total. The third-order valence-electron chi connectivity index (χ3n) is 3.43. The van der Waals surface area contributed by atoms with Gasteiger partial charge in [-0.2, -0.15) is 0 Å². The molecule has 0 spiro atoms. The monoisotopic (exact) mass is 290 g/mol. The highest BCUT2D eigenvalue weighted by atomic mass is 32.2. The summed E-state index contributed by atoms with van der Waals surface area (Å²) >= 11 is 0. The van der Waals surface area contributed by atoms with Crippen molar-refractivity contribution in [2.45, 2.75) is 25.4 Å². The minimum Gasteiger partial charge on any atom is -0.393 e. The van der Waals surface area contributed by atoms with Crippen LogP contribution in [0.3, 0.4) is 0 Å². The highest BCUT2D eigenvalue weighted by Gasteiger charge is 2.29. The maximum Gasteiger partial charge on any atom is 0.150 e. The van der Waals surface area contributed by atoms with Gasteiger partial charge in [0.1, 0.15) is 11.6 Å². The summed E-state index contributed by atoms with van der Waals surface area (Å²) in [6.45, 7) is 0. The molecule has 1 heterocycles. The molecule has 0 aromatic heterocycles. The second-order valence-electron chi connectivity index (χ2n) is 5.06. The van der Waals surface area contributed by atoms with Crippen LogP contribution in [0.4, 0.5) is 8.78 Å². The molecule has 0 saturated carbocycles. The molecule has 0 radical (unpaired) electrons. The smallest absolute Gasteiger partial charge is 0.150 e. The molecular weight excluding hydrogens is 274 g/mol. The van der Waals surface area contributed by atoms with Crippen molar-refractivity contribution < 1.29 is 22.3 Å². The van der Waals surface area contributed by atoms with Crippen LogP contribution in [-0.4, -0.2) is 31.1 Å². The van der Waals surface area contributed by atoms with Crippen molar-refractivity contribution in [1.82, 2.24) is 0 Å². The van der Waals surface area contributed by atoms with Crippen LogP contribution in [0.5, 0.6) is 0 Å². The van der Waals surface area contributed by atoms with E-state index >= 15 is 0 Å². The molecule has 1 aromatic rings. The van der Waals surface area contributed by atoms with Crippen molar-refractivity contribution in [2.75, 3.05) is 11.5 Å². The van der Waals surface area contributed by atoms with E-state index in [9.17, 15) is 22.3 Å². The maximum absolute atomic E-state index is 13.4. The molecule has 6 heteroatoms. The Morgan fingerprint density at radius 2 is 1.95 bits per heavy atom. The highest BCUT2D eigenvalue weighted by molar-refractivity contribution is 7.91. The Kier molecular flexibility index (Phi) is 4.20. The van der Waals surface area contributed by atoms with E-state index in [0.29, 0.717) is 6.42 Å². The second-order valence-corrected chi connectivity index (χ2v) is 7.29. The number of rotatable bonds is 4. The Labute approximate surface area is 111 Å². The molecule has 1 aromatic carbocycles. The van der Waals surface area contributed by atoms with Gasteiger partial charge in [0.05, 0.1) is 17.6 Å². The lowest BCUT2D eigenvalue weighted by Crippen LogP contribution is -2.18. The number of hydrogen-bond donors (Lipinski definition) is 1. The number of halogens is 2. The Morgan fingerprint density at radius 3 is 2.47 bits per heavy atom. The van der Waals surface area contributed by atoms with Gasteiger partial charge in [-0.25, -0.2) is 17.2 Å². The minimum atomic E-state index is -2.99. The Hall–Kier alpha value is -1.01. The van der Waals surface area contributed by atoms with Crippen LogP contribution in [-0.2, 0) is 16.3 Å². The van der Waals surface area contributed by atoms with Gasteiger partial charge in [0, 0.05) is 12.0 Å². The van der Waals surface area contributed by atoms with E-state index in [1.807, 2.05) is 0 Å². The molecule has 19 heavy (non-hydrogen) atoms. The summed E-state index contributed by atoms with van der Waals surface area (Å²) in [6.07, 6.45) is -0.286. The van der Waals surface area contributed by atoms with E-state index in [1.165, 1.54) is 6.07 Å². The summed E-state index contributed by atoms with van der Waals surface area (Å²) in [7, 11) is -2.99. The summed E-state index contributed by atoms with van der Waals surface area (Å²) in [5, 5.41) is 9.85. The van der Waals surface area contributed by atoms with E-state index in [4.69, 9.17) is 0 Å². The molecule has 0 bridgehead atoms. The van der Waals surface area contributed by atoms with Crippen molar-refractivity contribution in [3.05, 3.63) is 35.4 Å². The lowest BCUT2D eigenvalue weighted by atomic mass is 9.96. The van der Waals surface area contributed by atoms with Crippen molar-refractivity contribution >= 4 is 9.84 Å². The number of aliphatic hydroxyl groups is 1. The van der Waals surface area contributed by atoms with Crippen LogP contribution in [0.15, 0.2) is 18.2 Å². The minimum absolute atomic E-state index is 0.0593. The summed E-state index contributed by atoms with van der Waals surface area (Å²) in [5.74, 6) is -1.28. The van der Waals surface area contributed by atoms with Gasteiger partial charge in [-0.05, 0) is 30.9 Å². The number of hydrogen-bond acceptors (Lipinski definition) is 3. The summed E-state index contributed by atoms with van der Waals surface area (Å²) < 4.78 is 49.4. The zero-order valence-corrected chi connectivity index (χ0v) is 11.2. The fraction of sp³-hybridized carbons (Fsp3) is 0.538. The van der Waals surface area contributed by atoms with E-state index in [-0.39, 0.29) is 35.8 Å². The van der Waals surface area contributed by atoms with Gasteiger partial charge in [0.25, 0.3) is 0 Å². The molecule has 1 saturated heterocycles. The maximum atomic E-state index is 13.4. The van der Waals surface area contributed by atoms with E-state index < -0.39 is 27.6 Å². The fourth-order valence-corrected chi connectivity index (χ4v) is 4.37. The molecule has 1 fully saturated rings. The predicted molar refractivity (Wildman–Crippen MR) is 67.4 cm³/mol. The molecule has 1 aliphatic heterocycles. The Balaban J connectivity index is 1.97. The summed E-state index contributed by atoms with van der Waals surface area (Å²) in [5.41, 5.74) is -0.143. The van der Waals surface area contributed by atoms with Gasteiger partial charge < -0.3 is 5.11 Å². The van der Waals surface area contributed by atoms with Crippen LogP contribution >= 0.6 is 0 Å². The van der Waals surface area contributed by atoms with Crippen LogP contribution in [0.25, 0.3) is 0 Å². The Bertz CT molecular complexity index is 537. The van der Waals surface area contributed by atoms with Gasteiger partial charge in [-0.3, -0.25) is 0 Å². The van der Waals surface area contributed by atoms with Crippen LogP contribution < -0.4 is 0 Å². The van der Waals surface area contributed by atoms with Crippen molar-refractivity contribution in [2.24, 2.45) is 5.92 Å². The lowest BCUT2D eigenvalue weighted by Gasteiger charge is -2.15. The van der Waals surface area contributed by atoms with Crippen LogP contribution in [0.1, 0.15) is 18.4 Å². The first-order valence-corrected chi connectivity index (χ1v) is 8.01. The van der Waals surface area contributed by atoms with Gasteiger partial charge in [0.2, 0.25) is 0 Å². The first kappa shape index (κ1) is 14.4. The standard InChI is InChI=1S/C13H16F2O3S/c14-12-2-1-3-13(15)11(12)7-10(16)6-9-4-5-19(17,18)8-9/h1-3,9-10,16H,4-8H2. The molecule has 2 atom stereocenters. The summed E-state index contributed by atoms with van der Waals surface area (Å²) in [4.78, 5) is 0. The third-order valence-corrected chi connectivity index (χ3v) is 5.27. The molecule has 2 unspecified atom stereocenters. The SMILES string of the molecule is O=S1(=O)CCC(CC(O)Cc2c(F)cccc2F)C1. The largest absolute Gasteiger partial charge is 0.393 e. The predicted octanol–water partition coefficient (Wildman–Crippen LogP) is 1.69. The molecule has 3 nitrogen and oxygen atoms in total. The third kappa shape index (κ3) is 3.73.